The Kier molecular flexibility index (Phi) is 5.72. The zero-order chi connectivity index (χ0) is 19.4. The van der Waals surface area contributed by atoms with E-state index >= 15 is 0 Å². The van der Waals surface area contributed by atoms with Gasteiger partial charge in [-0.3, -0.25) is 9.20 Å². The Morgan fingerprint density at radius 2 is 2.15 bits per heavy atom. The molecule has 5 nitrogen and oxygen atoms in total. The molecule has 27 heavy (non-hydrogen) atoms. The van der Waals surface area contributed by atoms with Crippen molar-refractivity contribution in [3.05, 3.63) is 82.6 Å². The minimum atomic E-state index is -0.0782. The number of likely N-dealkylation sites (N-methyl/N-ethyl adjacent to an activating group) is 1. The largest absolute Gasteiger partial charge is 0.378 e. The van der Waals surface area contributed by atoms with Crippen molar-refractivity contribution in [2.75, 3.05) is 27.2 Å². The molecule has 1 aliphatic heterocycles. The summed E-state index contributed by atoms with van der Waals surface area (Å²) in [6.45, 7) is 7.76. The number of hydrogen-bond acceptors (Lipinski definition) is 4. The normalized spacial score (nSPS) is 15.2. The molecule has 0 amide bonds. The first-order chi connectivity index (χ1) is 13.0. The molecule has 0 fully saturated rings. The fourth-order valence-electron chi connectivity index (χ4n) is 2.99. The molecule has 0 unspecified atom stereocenters. The SMILES string of the molecule is C=C(/C=C\C(=C/C)c1cc(=O)n2cc(C3=CCNCC3)ccc2n1)N(C)C. The third-order valence-corrected chi connectivity index (χ3v) is 4.73. The molecule has 0 saturated carbocycles. The van der Waals surface area contributed by atoms with Crippen LogP contribution in [-0.4, -0.2) is 41.5 Å². The van der Waals surface area contributed by atoms with Gasteiger partial charge in [0, 0.05) is 38.6 Å². The predicted molar refractivity (Wildman–Crippen MR) is 113 cm³/mol. The van der Waals surface area contributed by atoms with Crippen molar-refractivity contribution < 1.29 is 0 Å². The molecule has 3 heterocycles. The van der Waals surface area contributed by atoms with E-state index in [9.17, 15) is 4.79 Å². The Morgan fingerprint density at radius 1 is 1.33 bits per heavy atom. The molecule has 1 N–H and O–H groups in total. The maximum atomic E-state index is 12.7. The van der Waals surface area contributed by atoms with Gasteiger partial charge in [0.1, 0.15) is 5.65 Å². The van der Waals surface area contributed by atoms with Crippen LogP contribution in [0.25, 0.3) is 16.8 Å². The van der Waals surface area contributed by atoms with Crippen molar-refractivity contribution in [2.45, 2.75) is 13.3 Å². The van der Waals surface area contributed by atoms with Gasteiger partial charge in [-0.15, -0.1) is 0 Å². The van der Waals surface area contributed by atoms with Gasteiger partial charge in [0.15, 0.2) is 0 Å². The Hall–Kier alpha value is -2.92. The van der Waals surface area contributed by atoms with Crippen molar-refractivity contribution >= 4 is 16.8 Å². The Labute approximate surface area is 160 Å². The molecule has 1 aliphatic rings. The molecule has 5 heteroatoms. The minimum Gasteiger partial charge on any atom is -0.378 e. The second-order valence-corrected chi connectivity index (χ2v) is 6.77. The van der Waals surface area contributed by atoms with Gasteiger partial charge in [-0.1, -0.05) is 24.8 Å². The molecule has 0 aromatic carbocycles. The highest BCUT2D eigenvalue weighted by Gasteiger charge is 2.09. The lowest BCUT2D eigenvalue weighted by atomic mass is 10.0. The summed E-state index contributed by atoms with van der Waals surface area (Å²) in [5.74, 6) is 0. The smallest absolute Gasteiger partial charge is 0.258 e. The van der Waals surface area contributed by atoms with Gasteiger partial charge in [-0.2, -0.15) is 0 Å². The van der Waals surface area contributed by atoms with E-state index in [0.29, 0.717) is 11.3 Å². The number of fused-ring (bicyclic) bond motifs is 1. The number of rotatable bonds is 5. The number of aromatic nitrogens is 2. The van der Waals surface area contributed by atoms with Crippen LogP contribution in [0, 0.1) is 0 Å². The van der Waals surface area contributed by atoms with Crippen LogP contribution in [0.3, 0.4) is 0 Å². The van der Waals surface area contributed by atoms with E-state index in [1.807, 2.05) is 62.5 Å². The number of nitrogens with one attached hydrogen (secondary N) is 1. The van der Waals surface area contributed by atoms with Crippen LogP contribution < -0.4 is 10.9 Å². The average Bonchev–Trinajstić information content (AvgIpc) is 2.68. The average molecular weight is 362 g/mol. The molecule has 2 aromatic rings. The van der Waals surface area contributed by atoms with Gasteiger partial charge in [-0.05, 0) is 54.8 Å². The molecule has 140 valence electrons. The van der Waals surface area contributed by atoms with Crippen LogP contribution in [-0.2, 0) is 0 Å². The summed E-state index contributed by atoms with van der Waals surface area (Å²) in [4.78, 5) is 19.3. The van der Waals surface area contributed by atoms with Crippen molar-refractivity contribution in [1.29, 1.82) is 0 Å². The first kappa shape index (κ1) is 18.9. The highest BCUT2D eigenvalue weighted by atomic mass is 16.1. The fraction of sp³-hybridized carbons (Fsp3) is 0.273. The zero-order valence-corrected chi connectivity index (χ0v) is 16.2. The first-order valence-electron chi connectivity index (χ1n) is 9.14. The maximum Gasteiger partial charge on any atom is 0.258 e. The van der Waals surface area contributed by atoms with Crippen LogP contribution in [0.15, 0.2) is 65.8 Å². The van der Waals surface area contributed by atoms with Gasteiger partial charge >= 0.3 is 0 Å². The van der Waals surface area contributed by atoms with Crippen LogP contribution in [0.1, 0.15) is 24.6 Å². The van der Waals surface area contributed by atoms with Crippen LogP contribution in [0.4, 0.5) is 0 Å². The summed E-state index contributed by atoms with van der Waals surface area (Å²) in [5, 5.41) is 3.31. The lowest BCUT2D eigenvalue weighted by Crippen LogP contribution is -2.20. The van der Waals surface area contributed by atoms with Crippen molar-refractivity contribution in [3.63, 3.8) is 0 Å². The molecule has 0 saturated heterocycles. The third kappa shape index (κ3) is 4.26. The summed E-state index contributed by atoms with van der Waals surface area (Å²) in [7, 11) is 3.89. The van der Waals surface area contributed by atoms with Crippen molar-refractivity contribution in [2.24, 2.45) is 0 Å². The van der Waals surface area contributed by atoms with Gasteiger partial charge in [0.05, 0.1) is 5.69 Å². The summed E-state index contributed by atoms with van der Waals surface area (Å²) >= 11 is 0. The number of allylic oxidation sites excluding steroid dienone is 4. The number of hydrogen-bond donors (Lipinski definition) is 1. The molecule has 3 rings (SSSR count). The third-order valence-electron chi connectivity index (χ3n) is 4.73. The maximum absolute atomic E-state index is 12.7. The summed E-state index contributed by atoms with van der Waals surface area (Å²) in [5.41, 5.74) is 5.36. The highest BCUT2D eigenvalue weighted by Crippen LogP contribution is 2.20. The van der Waals surface area contributed by atoms with Gasteiger partial charge in [0.2, 0.25) is 0 Å². The van der Waals surface area contributed by atoms with E-state index in [0.717, 1.165) is 36.3 Å². The van der Waals surface area contributed by atoms with Crippen LogP contribution in [0.2, 0.25) is 0 Å². The molecule has 0 radical (unpaired) electrons. The number of pyridine rings is 1. The lowest BCUT2D eigenvalue weighted by Gasteiger charge is -2.15. The quantitative estimate of drug-likeness (QED) is 0.831. The van der Waals surface area contributed by atoms with Gasteiger partial charge in [0.25, 0.3) is 5.56 Å². The topological polar surface area (TPSA) is 49.6 Å². The standard InChI is InChI=1S/C22H26N4O/c1-5-17(7-6-16(2)25(3)4)20-14-22(27)26-15-19(8-9-21(26)24-20)18-10-12-23-13-11-18/h5-10,14-15,23H,2,11-13H2,1,3-4H3/b7-6-,17-5+. The van der Waals surface area contributed by atoms with E-state index < -0.39 is 0 Å². The second kappa shape index (κ2) is 8.18. The minimum absolute atomic E-state index is 0.0782. The molecule has 0 atom stereocenters. The van der Waals surface area contributed by atoms with E-state index in [2.05, 4.69) is 23.0 Å². The summed E-state index contributed by atoms with van der Waals surface area (Å²) in [6, 6.07) is 5.55. The second-order valence-electron chi connectivity index (χ2n) is 6.77. The molecular weight excluding hydrogens is 336 g/mol. The Balaban J connectivity index is 1.98. The van der Waals surface area contributed by atoms with Crippen LogP contribution >= 0.6 is 0 Å². The summed E-state index contributed by atoms with van der Waals surface area (Å²) < 4.78 is 1.62. The Bertz CT molecular complexity index is 1010. The lowest BCUT2D eigenvalue weighted by molar-refractivity contribution is 0.532. The van der Waals surface area contributed by atoms with Gasteiger partial charge in [-0.25, -0.2) is 4.98 Å². The van der Waals surface area contributed by atoms with E-state index in [-0.39, 0.29) is 5.56 Å². The van der Waals surface area contributed by atoms with Crippen molar-refractivity contribution in [3.8, 4) is 0 Å². The molecule has 2 aromatic heterocycles. The van der Waals surface area contributed by atoms with E-state index in [1.54, 1.807) is 10.5 Å². The molecular formula is C22H26N4O. The Morgan fingerprint density at radius 3 is 2.81 bits per heavy atom. The van der Waals surface area contributed by atoms with Crippen molar-refractivity contribution in [1.82, 2.24) is 19.6 Å². The molecule has 0 bridgehead atoms. The monoisotopic (exact) mass is 362 g/mol. The molecule has 0 aliphatic carbocycles. The van der Waals surface area contributed by atoms with Gasteiger partial charge < -0.3 is 10.2 Å². The van der Waals surface area contributed by atoms with E-state index in [1.165, 1.54) is 5.57 Å². The van der Waals surface area contributed by atoms with E-state index in [4.69, 9.17) is 0 Å². The van der Waals surface area contributed by atoms with Crippen LogP contribution in [0.5, 0.6) is 0 Å². The molecule has 0 spiro atoms. The highest BCUT2D eigenvalue weighted by molar-refractivity contribution is 5.73. The predicted octanol–water partition coefficient (Wildman–Crippen LogP) is 3.11. The summed E-state index contributed by atoms with van der Waals surface area (Å²) in [6.07, 6.45) is 10.9. The number of nitrogens with zero attached hydrogens (tertiary/aromatic N) is 3. The zero-order valence-electron chi connectivity index (χ0n) is 16.2. The fourth-order valence-corrected chi connectivity index (χ4v) is 2.99. The first-order valence-corrected chi connectivity index (χ1v) is 9.14.